The molecule has 0 radical (unpaired) electrons. The van der Waals surface area contributed by atoms with Crippen LogP contribution in [0.25, 0.3) is 0 Å². The molecular formula is C26H31Br7O5S. The van der Waals surface area contributed by atoms with Gasteiger partial charge in [0, 0.05) is 11.9 Å². The van der Waals surface area contributed by atoms with Gasteiger partial charge < -0.3 is 14.2 Å². The second-order valence-corrected chi connectivity index (χ2v) is 17.4. The summed E-state index contributed by atoms with van der Waals surface area (Å²) in [5.41, 5.74) is 0. The highest BCUT2D eigenvalue weighted by atomic mass is 79.9. The maximum absolute atomic E-state index is 13.5. The van der Waals surface area contributed by atoms with Gasteiger partial charge in [-0.3, -0.25) is 0 Å². The van der Waals surface area contributed by atoms with Crippen LogP contribution >= 0.6 is 112 Å². The zero-order valence-electron chi connectivity index (χ0n) is 21.3. The Hall–Kier alpha value is 1.31. The third kappa shape index (κ3) is 12.1. The Morgan fingerprint density at radius 2 is 1.13 bits per heavy atom. The maximum atomic E-state index is 13.5. The van der Waals surface area contributed by atoms with Crippen LogP contribution in [0.2, 0.25) is 0 Å². The van der Waals surface area contributed by atoms with Crippen LogP contribution in [0.15, 0.2) is 51.9 Å². The van der Waals surface area contributed by atoms with Gasteiger partial charge >= 0.3 is 0 Å². The third-order valence-corrected chi connectivity index (χ3v) is 12.3. The van der Waals surface area contributed by atoms with Crippen molar-refractivity contribution in [2.45, 2.75) is 64.9 Å². The molecule has 0 fully saturated rings. The van der Waals surface area contributed by atoms with Gasteiger partial charge in [-0.2, -0.15) is 0 Å². The molecular weight excluding hydrogens is 984 g/mol. The van der Waals surface area contributed by atoms with Crippen LogP contribution in [0.4, 0.5) is 0 Å². The molecule has 0 aliphatic rings. The van der Waals surface area contributed by atoms with Gasteiger partial charge in [-0.25, -0.2) is 8.42 Å². The first-order chi connectivity index (χ1) is 18.5. The number of hydrogen-bond acceptors (Lipinski definition) is 5. The minimum atomic E-state index is -3.83. The highest BCUT2D eigenvalue weighted by Gasteiger charge is 2.24. The molecule has 2 aromatic rings. The summed E-state index contributed by atoms with van der Waals surface area (Å²) in [6, 6.07) is 6.18. The molecule has 0 aromatic heterocycles. The number of benzene rings is 2. The summed E-state index contributed by atoms with van der Waals surface area (Å²) in [7, 11) is -3.83. The predicted octanol–water partition coefficient (Wildman–Crippen LogP) is 10.6. The van der Waals surface area contributed by atoms with Crippen molar-refractivity contribution in [3.05, 3.63) is 42.2 Å². The molecule has 0 bridgehead atoms. The summed E-state index contributed by atoms with van der Waals surface area (Å²) < 4.78 is 46.7. The van der Waals surface area contributed by atoms with Crippen molar-refractivity contribution in [1.29, 1.82) is 0 Å². The fourth-order valence-electron chi connectivity index (χ4n) is 3.43. The quantitative estimate of drug-likeness (QED) is 0.110. The molecule has 2 aromatic carbocycles. The van der Waals surface area contributed by atoms with Crippen molar-refractivity contribution in [2.24, 2.45) is 0 Å². The standard InChI is InChI=1S/C26H31Br7O5S/c1-2-3-4-5-6-7-8-36-14-18(29)16-38-26-23(32)11-20(12-24(26)33)39(34,35)19-9-21(30)25(22(31)10-19)37-15-17(28)13-27/h9-12,17-18H,2-8,13-16H2,1H3. The summed E-state index contributed by atoms with van der Waals surface area (Å²) in [6.45, 7) is 4.27. The Bertz CT molecular complexity index is 1120. The molecule has 0 amide bonds. The molecule has 13 heteroatoms. The van der Waals surface area contributed by atoms with Crippen LogP contribution in [-0.4, -0.2) is 49.8 Å². The molecule has 0 heterocycles. The fourth-order valence-corrected chi connectivity index (χ4v) is 8.87. The number of unbranched alkanes of at least 4 members (excludes halogenated alkanes) is 5. The molecule has 0 saturated carbocycles. The van der Waals surface area contributed by atoms with E-state index in [0.717, 1.165) is 18.4 Å². The molecule has 0 saturated heterocycles. The molecule has 0 spiro atoms. The first-order valence-electron chi connectivity index (χ1n) is 12.4. The summed E-state index contributed by atoms with van der Waals surface area (Å²) in [5, 5.41) is 0.724. The van der Waals surface area contributed by atoms with Crippen molar-refractivity contribution >= 4 is 121 Å². The van der Waals surface area contributed by atoms with Crippen molar-refractivity contribution in [3.63, 3.8) is 0 Å². The lowest BCUT2D eigenvalue weighted by Crippen LogP contribution is -2.18. The smallest absolute Gasteiger partial charge is 0.206 e. The van der Waals surface area contributed by atoms with E-state index in [4.69, 9.17) is 14.2 Å². The lowest BCUT2D eigenvalue weighted by atomic mass is 10.1. The van der Waals surface area contributed by atoms with Crippen molar-refractivity contribution in [3.8, 4) is 11.5 Å². The van der Waals surface area contributed by atoms with Crippen LogP contribution in [-0.2, 0) is 14.6 Å². The Morgan fingerprint density at radius 3 is 1.59 bits per heavy atom. The molecule has 39 heavy (non-hydrogen) atoms. The van der Waals surface area contributed by atoms with E-state index in [9.17, 15) is 8.42 Å². The van der Waals surface area contributed by atoms with E-state index < -0.39 is 9.84 Å². The first-order valence-corrected chi connectivity index (χ1v) is 20.0. The number of sulfone groups is 1. The number of ether oxygens (including phenoxy) is 3. The van der Waals surface area contributed by atoms with Crippen LogP contribution in [0, 0.1) is 0 Å². The summed E-state index contributed by atoms with van der Waals surface area (Å²) in [4.78, 5) is 0.371. The molecule has 2 atom stereocenters. The van der Waals surface area contributed by atoms with Crippen LogP contribution < -0.4 is 9.47 Å². The molecule has 0 aliphatic heterocycles. The first kappa shape index (κ1) is 36.5. The predicted molar refractivity (Wildman–Crippen MR) is 184 cm³/mol. The maximum Gasteiger partial charge on any atom is 0.206 e. The van der Waals surface area contributed by atoms with Crippen LogP contribution in [0.5, 0.6) is 11.5 Å². The highest BCUT2D eigenvalue weighted by Crippen LogP contribution is 2.41. The van der Waals surface area contributed by atoms with Gasteiger partial charge in [0.25, 0.3) is 0 Å². The number of rotatable bonds is 18. The highest BCUT2D eigenvalue weighted by molar-refractivity contribution is 9.12. The monoisotopic (exact) mass is 1010 g/mol. The SMILES string of the molecule is CCCCCCCCOCC(Br)COc1c(Br)cc(S(=O)(=O)c2cc(Br)c(OCC(Br)CBr)c(Br)c2)cc1Br. The third-order valence-electron chi connectivity index (χ3n) is 5.49. The van der Waals surface area contributed by atoms with Gasteiger partial charge in [0.15, 0.2) is 0 Å². The number of alkyl halides is 3. The lowest BCUT2D eigenvalue weighted by Gasteiger charge is -2.16. The average molecular weight is 1010 g/mol. The second kappa shape index (κ2) is 18.9. The van der Waals surface area contributed by atoms with E-state index >= 15 is 0 Å². The second-order valence-electron chi connectivity index (χ2n) is 8.75. The van der Waals surface area contributed by atoms with Gasteiger partial charge in [0.2, 0.25) is 9.84 Å². The zero-order chi connectivity index (χ0) is 29.0. The number of halogens is 7. The van der Waals surface area contributed by atoms with Crippen LogP contribution in [0.3, 0.4) is 0 Å². The minimum absolute atomic E-state index is 0.00424. The normalized spacial score (nSPS) is 13.3. The van der Waals surface area contributed by atoms with Gasteiger partial charge in [-0.05, 0) is 94.4 Å². The van der Waals surface area contributed by atoms with E-state index in [0.29, 0.717) is 49.2 Å². The Kier molecular flexibility index (Phi) is 17.7. The van der Waals surface area contributed by atoms with E-state index in [-0.39, 0.29) is 19.4 Å². The van der Waals surface area contributed by atoms with E-state index in [1.807, 2.05) is 0 Å². The molecule has 220 valence electrons. The molecule has 0 aliphatic carbocycles. The Balaban J connectivity index is 2.01. The van der Waals surface area contributed by atoms with Gasteiger partial charge in [-0.15, -0.1) is 0 Å². The van der Waals surface area contributed by atoms with E-state index in [1.54, 1.807) is 24.3 Å². The van der Waals surface area contributed by atoms with Crippen molar-refractivity contribution in [1.82, 2.24) is 0 Å². The largest absolute Gasteiger partial charge is 0.490 e. The zero-order valence-corrected chi connectivity index (χ0v) is 33.3. The van der Waals surface area contributed by atoms with Gasteiger partial charge in [-0.1, -0.05) is 86.8 Å². The Labute approximate surface area is 291 Å². The molecule has 2 unspecified atom stereocenters. The molecule has 5 nitrogen and oxygen atoms in total. The molecule has 0 N–H and O–H groups in total. The number of hydrogen-bond donors (Lipinski definition) is 0. The van der Waals surface area contributed by atoms with Gasteiger partial charge in [0.1, 0.15) is 24.7 Å². The van der Waals surface area contributed by atoms with Gasteiger partial charge in [0.05, 0.1) is 43.9 Å². The Morgan fingerprint density at radius 1 is 0.692 bits per heavy atom. The molecule has 2 rings (SSSR count). The van der Waals surface area contributed by atoms with Crippen LogP contribution in [0.1, 0.15) is 45.4 Å². The van der Waals surface area contributed by atoms with Crippen molar-refractivity contribution < 1.29 is 22.6 Å². The average Bonchev–Trinajstić information content (AvgIpc) is 2.88. The summed E-state index contributed by atoms with van der Waals surface area (Å²) in [6.07, 6.45) is 7.36. The topological polar surface area (TPSA) is 61.8 Å². The summed E-state index contributed by atoms with van der Waals surface area (Å²) >= 11 is 24.4. The van der Waals surface area contributed by atoms with E-state index in [1.165, 1.54) is 32.1 Å². The minimum Gasteiger partial charge on any atom is -0.490 e. The van der Waals surface area contributed by atoms with E-state index in [2.05, 4.69) is 118 Å². The lowest BCUT2D eigenvalue weighted by molar-refractivity contribution is 0.121. The van der Waals surface area contributed by atoms with Crippen molar-refractivity contribution in [2.75, 3.05) is 31.8 Å². The summed E-state index contributed by atoms with van der Waals surface area (Å²) in [5.74, 6) is 1.06. The fraction of sp³-hybridized carbons (Fsp3) is 0.538.